The third-order valence-corrected chi connectivity index (χ3v) is 7.56. The third kappa shape index (κ3) is 3.08. The van der Waals surface area contributed by atoms with Crippen LogP contribution in [-0.4, -0.2) is 0 Å². The van der Waals surface area contributed by atoms with E-state index in [-0.39, 0.29) is 0 Å². The first-order valence-electron chi connectivity index (χ1n) is 8.76. The molecule has 0 saturated carbocycles. The van der Waals surface area contributed by atoms with E-state index in [2.05, 4.69) is 95.0 Å². The summed E-state index contributed by atoms with van der Waals surface area (Å²) in [5.74, 6) is 0. The molecule has 2 aromatic carbocycles. The maximum absolute atomic E-state index is 2.31. The van der Waals surface area contributed by atoms with E-state index < -0.39 is 0 Å². The van der Waals surface area contributed by atoms with Crippen molar-refractivity contribution in [1.29, 1.82) is 0 Å². The molecule has 0 N–H and O–H groups in total. The monoisotopic (exact) mass is 400 g/mol. The zero-order valence-electron chi connectivity index (χ0n) is 14.5. The second-order valence-corrected chi connectivity index (χ2v) is 8.97. The van der Waals surface area contributed by atoms with Crippen LogP contribution in [0, 0.1) is 0 Å². The lowest BCUT2D eigenvalue weighted by Gasteiger charge is -2.09. The largest absolute Gasteiger partial charge is 0.144 e. The lowest BCUT2D eigenvalue weighted by atomic mass is 9.96. The van der Waals surface area contributed by atoms with Gasteiger partial charge in [0.05, 0.1) is 9.75 Å². The van der Waals surface area contributed by atoms with Gasteiger partial charge in [0.25, 0.3) is 0 Å². The summed E-state index contributed by atoms with van der Waals surface area (Å²) >= 11 is 5.49. The van der Waals surface area contributed by atoms with Crippen molar-refractivity contribution >= 4 is 34.0 Å². The average molecular weight is 401 g/mol. The lowest BCUT2D eigenvalue weighted by molar-refractivity contribution is 1.63. The Bertz CT molecular complexity index is 1150. The Balaban J connectivity index is 1.76. The van der Waals surface area contributed by atoms with Crippen LogP contribution in [0.2, 0.25) is 0 Å². The Labute approximate surface area is 171 Å². The second-order valence-electron chi connectivity index (χ2n) is 6.23. The van der Waals surface area contributed by atoms with Crippen LogP contribution >= 0.6 is 34.0 Å². The van der Waals surface area contributed by atoms with Gasteiger partial charge in [0.2, 0.25) is 0 Å². The first-order valence-corrected chi connectivity index (χ1v) is 11.4. The third-order valence-electron chi connectivity index (χ3n) is 4.60. The molecule has 5 aromatic rings. The molecule has 0 aliphatic rings. The summed E-state index contributed by atoms with van der Waals surface area (Å²) < 4.78 is 0. The van der Waals surface area contributed by atoms with Gasteiger partial charge in [-0.1, -0.05) is 66.7 Å². The van der Waals surface area contributed by atoms with Gasteiger partial charge in [-0.15, -0.1) is 34.0 Å². The van der Waals surface area contributed by atoms with E-state index in [4.69, 9.17) is 0 Å². The molecular formula is C24H16S3. The number of benzene rings is 2. The van der Waals surface area contributed by atoms with Crippen molar-refractivity contribution in [2.24, 2.45) is 0 Å². The van der Waals surface area contributed by atoms with E-state index in [1.54, 1.807) is 11.3 Å². The van der Waals surface area contributed by atoms with Crippen molar-refractivity contribution in [2.45, 2.75) is 0 Å². The van der Waals surface area contributed by atoms with E-state index in [1.165, 1.54) is 42.4 Å². The van der Waals surface area contributed by atoms with Gasteiger partial charge in [-0.05, 0) is 39.4 Å². The van der Waals surface area contributed by atoms with E-state index in [0.29, 0.717) is 0 Å². The molecule has 3 heterocycles. The molecule has 0 fully saturated rings. The average Bonchev–Trinajstić information content (AvgIpc) is 3.48. The predicted octanol–water partition coefficient (Wildman–Crippen LogP) is 8.54. The molecule has 0 bridgehead atoms. The van der Waals surface area contributed by atoms with Crippen molar-refractivity contribution < 1.29 is 0 Å². The highest BCUT2D eigenvalue weighted by atomic mass is 32.1. The molecule has 0 unspecified atom stereocenters. The standard InChI is InChI=1S/C24H16S3/c1-3-8-17(9-4-1)20-16-27-24(22(20)18-10-5-2-6-11-18)23-19(13-15-26-23)21-12-7-14-25-21/h1-16H. The number of hydrogen-bond donors (Lipinski definition) is 0. The summed E-state index contributed by atoms with van der Waals surface area (Å²) in [7, 11) is 0. The minimum atomic E-state index is 1.27. The number of hydrogen-bond acceptors (Lipinski definition) is 3. The predicted molar refractivity (Wildman–Crippen MR) is 122 cm³/mol. The fourth-order valence-electron chi connectivity index (χ4n) is 3.36. The maximum Gasteiger partial charge on any atom is 0.0535 e. The summed E-state index contributed by atoms with van der Waals surface area (Å²) in [6, 6.07) is 28.1. The van der Waals surface area contributed by atoms with Gasteiger partial charge >= 0.3 is 0 Å². The molecular weight excluding hydrogens is 384 g/mol. The smallest absolute Gasteiger partial charge is 0.0535 e. The zero-order chi connectivity index (χ0) is 18.1. The van der Waals surface area contributed by atoms with Crippen LogP contribution in [0.3, 0.4) is 0 Å². The summed E-state index contributed by atoms with van der Waals surface area (Å²) in [6.07, 6.45) is 0. The van der Waals surface area contributed by atoms with Crippen molar-refractivity contribution in [3.63, 3.8) is 0 Å². The second kappa shape index (κ2) is 7.28. The van der Waals surface area contributed by atoms with Crippen LogP contribution in [0.1, 0.15) is 0 Å². The highest BCUT2D eigenvalue weighted by molar-refractivity contribution is 7.22. The van der Waals surface area contributed by atoms with E-state index in [9.17, 15) is 0 Å². The first kappa shape index (κ1) is 16.7. The molecule has 27 heavy (non-hydrogen) atoms. The molecule has 0 spiro atoms. The Morgan fingerprint density at radius 2 is 1.22 bits per heavy atom. The topological polar surface area (TPSA) is 0 Å². The minimum Gasteiger partial charge on any atom is -0.144 e. The Kier molecular flexibility index (Phi) is 4.50. The van der Waals surface area contributed by atoms with Crippen LogP contribution in [0.15, 0.2) is 95.0 Å². The zero-order valence-corrected chi connectivity index (χ0v) is 16.9. The molecule has 0 amide bonds. The normalized spacial score (nSPS) is 11.0. The number of rotatable bonds is 4. The van der Waals surface area contributed by atoms with Crippen LogP contribution in [-0.2, 0) is 0 Å². The molecule has 3 aromatic heterocycles. The lowest BCUT2D eigenvalue weighted by Crippen LogP contribution is -1.83. The van der Waals surface area contributed by atoms with Crippen molar-refractivity contribution in [2.75, 3.05) is 0 Å². The van der Waals surface area contributed by atoms with Crippen LogP contribution in [0.4, 0.5) is 0 Å². The molecule has 0 aliphatic heterocycles. The summed E-state index contributed by atoms with van der Waals surface area (Å²) in [5, 5.41) is 6.67. The summed E-state index contributed by atoms with van der Waals surface area (Å²) in [5.41, 5.74) is 6.54. The molecule has 0 nitrogen and oxygen atoms in total. The maximum atomic E-state index is 2.31. The summed E-state index contributed by atoms with van der Waals surface area (Å²) in [4.78, 5) is 4.06. The molecule has 0 radical (unpaired) electrons. The molecule has 5 rings (SSSR count). The first-order chi connectivity index (χ1) is 13.4. The van der Waals surface area contributed by atoms with Gasteiger partial charge in [0, 0.05) is 21.6 Å². The van der Waals surface area contributed by atoms with E-state index >= 15 is 0 Å². The van der Waals surface area contributed by atoms with Gasteiger partial charge in [-0.2, -0.15) is 0 Å². The number of thiophene rings is 3. The molecule has 0 aliphatic carbocycles. The van der Waals surface area contributed by atoms with Crippen LogP contribution in [0.25, 0.3) is 42.4 Å². The Morgan fingerprint density at radius 3 is 1.93 bits per heavy atom. The van der Waals surface area contributed by atoms with Gasteiger partial charge in [0.15, 0.2) is 0 Å². The summed E-state index contributed by atoms with van der Waals surface area (Å²) in [6.45, 7) is 0. The molecule has 130 valence electrons. The van der Waals surface area contributed by atoms with Gasteiger partial charge < -0.3 is 0 Å². The molecule has 3 heteroatoms. The highest BCUT2D eigenvalue weighted by Crippen LogP contribution is 2.49. The highest BCUT2D eigenvalue weighted by Gasteiger charge is 2.20. The van der Waals surface area contributed by atoms with Gasteiger partial charge in [-0.3, -0.25) is 0 Å². The van der Waals surface area contributed by atoms with Crippen molar-refractivity contribution in [3.8, 4) is 42.4 Å². The Hall–Kier alpha value is -2.46. The van der Waals surface area contributed by atoms with Crippen molar-refractivity contribution in [3.05, 3.63) is 95.0 Å². The Morgan fingerprint density at radius 1 is 0.481 bits per heavy atom. The molecule has 0 saturated heterocycles. The minimum absolute atomic E-state index is 1.27. The SMILES string of the molecule is c1ccc(-c2csc(-c3sccc3-c3cccs3)c2-c2ccccc2)cc1. The van der Waals surface area contributed by atoms with E-state index in [1.807, 2.05) is 22.7 Å². The van der Waals surface area contributed by atoms with Crippen LogP contribution in [0.5, 0.6) is 0 Å². The van der Waals surface area contributed by atoms with Crippen LogP contribution < -0.4 is 0 Å². The fraction of sp³-hybridized carbons (Fsp3) is 0. The van der Waals surface area contributed by atoms with Crippen molar-refractivity contribution in [1.82, 2.24) is 0 Å². The van der Waals surface area contributed by atoms with Gasteiger partial charge in [-0.25, -0.2) is 0 Å². The fourth-order valence-corrected chi connectivity index (χ4v) is 6.38. The van der Waals surface area contributed by atoms with Gasteiger partial charge in [0.1, 0.15) is 0 Å². The quantitative estimate of drug-likeness (QED) is 0.283. The van der Waals surface area contributed by atoms with E-state index in [0.717, 1.165) is 0 Å². The molecule has 0 atom stereocenters.